The zero-order chi connectivity index (χ0) is 15.6. The highest BCUT2D eigenvalue weighted by Gasteiger charge is 2.43. The number of hydrogen-bond donors (Lipinski definition) is 3. The number of hydrogen-bond acceptors (Lipinski definition) is 5. The average molecular weight is 310 g/mol. The number of aliphatic hydroxyl groups is 1. The van der Waals surface area contributed by atoms with Gasteiger partial charge in [-0.1, -0.05) is 30.3 Å². The van der Waals surface area contributed by atoms with Crippen LogP contribution in [-0.4, -0.2) is 42.2 Å². The van der Waals surface area contributed by atoms with Gasteiger partial charge in [0.25, 0.3) is 0 Å². The molecule has 4 rings (SSSR count). The minimum Gasteiger partial charge on any atom is -0.391 e. The fraction of sp³-hybridized carbons (Fsp3) is 0.312. The van der Waals surface area contributed by atoms with Crippen molar-refractivity contribution in [1.29, 1.82) is 0 Å². The molecule has 1 fully saturated rings. The van der Waals surface area contributed by atoms with E-state index in [2.05, 4.69) is 37.7 Å². The van der Waals surface area contributed by atoms with Gasteiger partial charge in [0.2, 0.25) is 0 Å². The summed E-state index contributed by atoms with van der Waals surface area (Å²) in [5.41, 5.74) is 1.10. The van der Waals surface area contributed by atoms with Crippen molar-refractivity contribution >= 4 is 0 Å². The molecule has 0 amide bonds. The molecule has 2 aromatic heterocycles. The summed E-state index contributed by atoms with van der Waals surface area (Å²) in [6.45, 7) is 0. The van der Waals surface area contributed by atoms with Crippen molar-refractivity contribution in [3.63, 3.8) is 0 Å². The summed E-state index contributed by atoms with van der Waals surface area (Å²) >= 11 is 0. The lowest BCUT2D eigenvalue weighted by atomic mass is 9.82. The lowest BCUT2D eigenvalue weighted by Gasteiger charge is -2.43. The predicted octanol–water partition coefficient (Wildman–Crippen LogP) is 1.05. The Hall–Kier alpha value is -2.51. The van der Waals surface area contributed by atoms with E-state index in [0.29, 0.717) is 6.42 Å². The fourth-order valence-corrected chi connectivity index (χ4v) is 3.14. The first-order valence-electron chi connectivity index (χ1n) is 7.66. The Morgan fingerprint density at radius 2 is 2.13 bits per heavy atom. The van der Waals surface area contributed by atoms with Crippen LogP contribution in [0.25, 0.3) is 0 Å². The van der Waals surface area contributed by atoms with Crippen LogP contribution < -0.4 is 5.32 Å². The molecule has 1 saturated carbocycles. The molecule has 0 aliphatic heterocycles. The molecule has 7 nitrogen and oxygen atoms in total. The summed E-state index contributed by atoms with van der Waals surface area (Å²) in [6.07, 6.45) is 5.41. The van der Waals surface area contributed by atoms with Gasteiger partial charge in [-0.25, -0.2) is 4.98 Å². The summed E-state index contributed by atoms with van der Waals surface area (Å²) < 4.78 is 1.81. The Bertz CT molecular complexity index is 727. The van der Waals surface area contributed by atoms with E-state index in [1.165, 1.54) is 6.33 Å². The van der Waals surface area contributed by atoms with Crippen LogP contribution in [0.5, 0.6) is 0 Å². The standard InChI is InChI=1S/C16H18N6O/c23-13-9-12(15(13)22-8-4-7-19-22)20-14(16-17-10-18-21-16)11-5-2-1-3-6-11/h1-8,10,12-15,20,23H,9H2,(H,17,18,21)/t12-,13+,14?,15+/m0/s1. The van der Waals surface area contributed by atoms with Crippen molar-refractivity contribution in [2.24, 2.45) is 0 Å². The first-order valence-corrected chi connectivity index (χ1v) is 7.66. The van der Waals surface area contributed by atoms with Crippen LogP contribution in [0, 0.1) is 0 Å². The quantitative estimate of drug-likeness (QED) is 0.655. The molecule has 0 saturated heterocycles. The monoisotopic (exact) mass is 310 g/mol. The van der Waals surface area contributed by atoms with Crippen LogP contribution >= 0.6 is 0 Å². The van der Waals surface area contributed by atoms with Crippen molar-refractivity contribution in [2.75, 3.05) is 0 Å². The highest BCUT2D eigenvalue weighted by atomic mass is 16.3. The predicted molar refractivity (Wildman–Crippen MR) is 83.5 cm³/mol. The summed E-state index contributed by atoms with van der Waals surface area (Å²) in [5, 5.41) is 24.9. The molecule has 1 aliphatic rings. The number of H-pyrrole nitrogens is 1. The van der Waals surface area contributed by atoms with E-state index in [0.717, 1.165) is 11.4 Å². The molecule has 0 spiro atoms. The molecule has 4 atom stereocenters. The van der Waals surface area contributed by atoms with Gasteiger partial charge in [0.05, 0.1) is 18.2 Å². The maximum absolute atomic E-state index is 10.1. The highest BCUT2D eigenvalue weighted by molar-refractivity contribution is 5.25. The van der Waals surface area contributed by atoms with Crippen LogP contribution in [0.2, 0.25) is 0 Å². The molecular weight excluding hydrogens is 292 g/mol. The normalized spacial score (nSPS) is 25.0. The maximum Gasteiger partial charge on any atom is 0.145 e. The molecule has 2 heterocycles. The van der Waals surface area contributed by atoms with Gasteiger partial charge in [-0.15, -0.1) is 0 Å². The van der Waals surface area contributed by atoms with Crippen molar-refractivity contribution < 1.29 is 5.11 Å². The van der Waals surface area contributed by atoms with Gasteiger partial charge < -0.3 is 5.11 Å². The van der Waals surface area contributed by atoms with E-state index in [-0.39, 0.29) is 18.1 Å². The Labute approximate surface area is 133 Å². The van der Waals surface area contributed by atoms with Crippen LogP contribution in [-0.2, 0) is 0 Å². The third-order valence-electron chi connectivity index (χ3n) is 4.35. The lowest BCUT2D eigenvalue weighted by Crippen LogP contribution is -2.55. The summed E-state index contributed by atoms with van der Waals surface area (Å²) in [7, 11) is 0. The largest absolute Gasteiger partial charge is 0.391 e. The van der Waals surface area contributed by atoms with Gasteiger partial charge in [0, 0.05) is 18.4 Å². The zero-order valence-corrected chi connectivity index (χ0v) is 12.4. The van der Waals surface area contributed by atoms with Gasteiger partial charge in [0.1, 0.15) is 12.2 Å². The zero-order valence-electron chi connectivity index (χ0n) is 12.4. The Morgan fingerprint density at radius 1 is 1.26 bits per heavy atom. The third kappa shape index (κ3) is 2.64. The van der Waals surface area contributed by atoms with Crippen molar-refractivity contribution in [3.05, 3.63) is 66.5 Å². The second kappa shape index (κ2) is 5.94. The number of nitrogens with zero attached hydrogens (tertiary/aromatic N) is 4. The number of aromatic nitrogens is 5. The average Bonchev–Trinajstić information content (AvgIpc) is 3.25. The van der Waals surface area contributed by atoms with Gasteiger partial charge in [-0.2, -0.15) is 10.2 Å². The first-order chi connectivity index (χ1) is 11.3. The van der Waals surface area contributed by atoms with Gasteiger partial charge in [-0.05, 0) is 18.1 Å². The van der Waals surface area contributed by atoms with E-state index >= 15 is 0 Å². The summed E-state index contributed by atoms with van der Waals surface area (Å²) in [4.78, 5) is 4.30. The molecule has 23 heavy (non-hydrogen) atoms. The molecular formula is C16H18N6O. The van der Waals surface area contributed by atoms with E-state index in [4.69, 9.17) is 0 Å². The van der Waals surface area contributed by atoms with Crippen molar-refractivity contribution in [2.45, 2.75) is 30.7 Å². The van der Waals surface area contributed by atoms with E-state index in [1.54, 1.807) is 6.20 Å². The number of aromatic amines is 1. The molecule has 118 valence electrons. The first kappa shape index (κ1) is 14.1. The van der Waals surface area contributed by atoms with Gasteiger partial charge >= 0.3 is 0 Å². The third-order valence-corrected chi connectivity index (χ3v) is 4.35. The minimum absolute atomic E-state index is 0.0702. The van der Waals surface area contributed by atoms with Gasteiger partial charge in [0.15, 0.2) is 0 Å². The molecule has 3 N–H and O–H groups in total. The Kier molecular flexibility index (Phi) is 3.64. The van der Waals surface area contributed by atoms with Crippen molar-refractivity contribution in [1.82, 2.24) is 30.3 Å². The molecule has 7 heteroatoms. The molecule has 1 aromatic carbocycles. The maximum atomic E-state index is 10.1. The van der Waals surface area contributed by atoms with Crippen molar-refractivity contribution in [3.8, 4) is 0 Å². The summed E-state index contributed by atoms with van der Waals surface area (Å²) in [5.74, 6) is 0.761. The highest BCUT2D eigenvalue weighted by Crippen LogP contribution is 2.34. The van der Waals surface area contributed by atoms with Gasteiger partial charge in [-0.3, -0.25) is 15.1 Å². The Morgan fingerprint density at radius 3 is 2.78 bits per heavy atom. The van der Waals surface area contributed by atoms with Crippen LogP contribution in [0.4, 0.5) is 0 Å². The minimum atomic E-state index is -0.390. The van der Waals surface area contributed by atoms with E-state index < -0.39 is 6.10 Å². The second-order valence-corrected chi connectivity index (χ2v) is 5.77. The van der Waals surface area contributed by atoms with E-state index in [1.807, 2.05) is 35.1 Å². The topological polar surface area (TPSA) is 91.6 Å². The molecule has 3 aromatic rings. The molecule has 1 unspecified atom stereocenters. The van der Waals surface area contributed by atoms with Crippen LogP contribution in [0.3, 0.4) is 0 Å². The molecule has 1 aliphatic carbocycles. The Balaban J connectivity index is 1.59. The number of nitrogens with one attached hydrogen (secondary N) is 2. The lowest BCUT2D eigenvalue weighted by molar-refractivity contribution is -0.0105. The van der Waals surface area contributed by atoms with Crippen LogP contribution in [0.15, 0.2) is 55.1 Å². The molecule has 0 bridgehead atoms. The second-order valence-electron chi connectivity index (χ2n) is 5.77. The van der Waals surface area contributed by atoms with E-state index in [9.17, 15) is 5.11 Å². The van der Waals surface area contributed by atoms with Crippen LogP contribution in [0.1, 0.15) is 29.9 Å². The SMILES string of the molecule is O[C@@H]1C[C@H](NC(c2ccccc2)c2ncn[nH]2)[C@H]1n1cccn1. The smallest absolute Gasteiger partial charge is 0.145 e. The number of benzene rings is 1. The number of rotatable bonds is 5. The molecule has 0 radical (unpaired) electrons. The fourth-order valence-electron chi connectivity index (χ4n) is 3.14. The summed E-state index contributed by atoms with van der Waals surface area (Å²) in [6, 6.07) is 11.9. The number of aliphatic hydroxyl groups excluding tert-OH is 1.